The van der Waals surface area contributed by atoms with Crippen LogP contribution in [-0.4, -0.2) is 52.3 Å². The van der Waals surface area contributed by atoms with E-state index in [0.717, 1.165) is 29.7 Å². The highest BCUT2D eigenvalue weighted by molar-refractivity contribution is 6.06. The lowest BCUT2D eigenvalue weighted by molar-refractivity contribution is -0.141. The van der Waals surface area contributed by atoms with E-state index in [0.29, 0.717) is 12.8 Å². The van der Waals surface area contributed by atoms with Gasteiger partial charge in [-0.15, -0.1) is 0 Å². The van der Waals surface area contributed by atoms with Crippen LogP contribution in [-0.2, 0) is 16.0 Å². The summed E-state index contributed by atoms with van der Waals surface area (Å²) >= 11 is 0. The third-order valence-corrected chi connectivity index (χ3v) is 5.45. The molecule has 0 unspecified atom stereocenters. The molecule has 3 rings (SSSR count). The number of hydrogen-bond donors (Lipinski definition) is 1. The lowest BCUT2D eigenvalue weighted by Gasteiger charge is -2.39. The van der Waals surface area contributed by atoms with Crippen molar-refractivity contribution < 1.29 is 14.4 Å². The Morgan fingerprint density at radius 3 is 2.42 bits per heavy atom. The van der Waals surface area contributed by atoms with E-state index in [1.165, 1.54) is 0 Å². The molecule has 2 aliphatic heterocycles. The summed E-state index contributed by atoms with van der Waals surface area (Å²) in [6.45, 7) is 3.89. The Kier molecular flexibility index (Phi) is 5.59. The largest absolute Gasteiger partial charge is 0.336 e. The Hall–Kier alpha value is -2.37. The van der Waals surface area contributed by atoms with Gasteiger partial charge in [-0.05, 0) is 51.5 Å². The smallest absolute Gasteiger partial charge is 0.325 e. The fourth-order valence-electron chi connectivity index (χ4n) is 4.01. The Morgan fingerprint density at radius 1 is 1.12 bits per heavy atom. The molecule has 0 saturated carbocycles. The number of likely N-dealkylation sites (tertiary alicyclic amines) is 1. The minimum absolute atomic E-state index is 0.142. The van der Waals surface area contributed by atoms with Crippen molar-refractivity contribution in [3.63, 3.8) is 0 Å². The van der Waals surface area contributed by atoms with Gasteiger partial charge in [0.05, 0.1) is 0 Å². The number of rotatable bonds is 5. The molecular weight excluding hydrogens is 330 g/mol. The fraction of sp³-hybridized carbons (Fsp3) is 0.550. The number of benzene rings is 1. The van der Waals surface area contributed by atoms with E-state index >= 15 is 0 Å². The summed E-state index contributed by atoms with van der Waals surface area (Å²) in [5, 5.41) is 2.72. The van der Waals surface area contributed by atoms with Crippen molar-refractivity contribution in [2.24, 2.45) is 0 Å². The van der Waals surface area contributed by atoms with E-state index in [9.17, 15) is 14.4 Å². The molecule has 3 atom stereocenters. The first-order valence-electron chi connectivity index (χ1n) is 9.44. The zero-order chi connectivity index (χ0) is 18.7. The maximum absolute atomic E-state index is 12.7. The molecule has 6 heteroatoms. The number of nitrogens with one attached hydrogen (secondary N) is 1. The lowest BCUT2D eigenvalue weighted by Crippen LogP contribution is -2.52. The molecule has 2 saturated heterocycles. The number of hydrogen-bond acceptors (Lipinski definition) is 3. The molecule has 2 aliphatic rings. The normalized spacial score (nSPS) is 26.2. The van der Waals surface area contributed by atoms with Crippen LogP contribution in [0.1, 0.15) is 45.1 Å². The summed E-state index contributed by atoms with van der Waals surface area (Å²) in [6.07, 6.45) is 4.29. The number of imide groups is 1. The summed E-state index contributed by atoms with van der Waals surface area (Å²) in [5.41, 5.74) is 1.13. The molecule has 1 aromatic carbocycles. The summed E-state index contributed by atoms with van der Waals surface area (Å²) in [5.74, 6) is -0.437. The highest BCUT2D eigenvalue weighted by Crippen LogP contribution is 2.23. The van der Waals surface area contributed by atoms with Gasteiger partial charge in [-0.25, -0.2) is 4.79 Å². The van der Waals surface area contributed by atoms with Crippen LogP contribution in [0.5, 0.6) is 0 Å². The average molecular weight is 357 g/mol. The van der Waals surface area contributed by atoms with Gasteiger partial charge >= 0.3 is 6.03 Å². The first-order chi connectivity index (χ1) is 12.5. The second-order valence-electron chi connectivity index (χ2n) is 7.38. The first-order valence-corrected chi connectivity index (χ1v) is 9.44. The van der Waals surface area contributed by atoms with Crippen molar-refractivity contribution in [3.05, 3.63) is 35.9 Å². The third-order valence-electron chi connectivity index (χ3n) is 5.45. The third kappa shape index (κ3) is 3.89. The SMILES string of the molecule is C[C@H]1CCC[C@H](C)N1C(=O)CN1C(=O)N[C@@H](CCc2ccccc2)C1=O. The summed E-state index contributed by atoms with van der Waals surface area (Å²) in [4.78, 5) is 40.4. The molecule has 1 aromatic rings. The second kappa shape index (κ2) is 7.89. The van der Waals surface area contributed by atoms with Crippen molar-refractivity contribution in [1.29, 1.82) is 0 Å². The minimum Gasteiger partial charge on any atom is -0.336 e. The number of amides is 4. The zero-order valence-electron chi connectivity index (χ0n) is 15.5. The van der Waals surface area contributed by atoms with Crippen molar-refractivity contribution in [2.45, 2.75) is 64.1 Å². The molecule has 2 heterocycles. The van der Waals surface area contributed by atoms with Crippen LogP contribution in [0.3, 0.4) is 0 Å². The summed E-state index contributed by atoms with van der Waals surface area (Å²) < 4.78 is 0. The van der Waals surface area contributed by atoms with Crippen LogP contribution in [0.4, 0.5) is 4.79 Å². The maximum atomic E-state index is 12.7. The number of carbonyl (C=O) groups is 3. The van der Waals surface area contributed by atoms with E-state index in [-0.39, 0.29) is 30.4 Å². The average Bonchev–Trinajstić information content (AvgIpc) is 2.88. The monoisotopic (exact) mass is 357 g/mol. The predicted molar refractivity (Wildman–Crippen MR) is 98.4 cm³/mol. The number of aryl methyl sites for hydroxylation is 1. The van der Waals surface area contributed by atoms with Crippen LogP contribution >= 0.6 is 0 Å². The van der Waals surface area contributed by atoms with Crippen LogP contribution in [0.15, 0.2) is 30.3 Å². The van der Waals surface area contributed by atoms with E-state index in [4.69, 9.17) is 0 Å². The van der Waals surface area contributed by atoms with Crippen molar-refractivity contribution in [1.82, 2.24) is 15.1 Å². The highest BCUT2D eigenvalue weighted by Gasteiger charge is 2.40. The van der Waals surface area contributed by atoms with Gasteiger partial charge in [-0.2, -0.15) is 0 Å². The second-order valence-corrected chi connectivity index (χ2v) is 7.38. The van der Waals surface area contributed by atoms with Gasteiger partial charge < -0.3 is 10.2 Å². The van der Waals surface area contributed by atoms with Crippen molar-refractivity contribution in [3.8, 4) is 0 Å². The van der Waals surface area contributed by atoms with Gasteiger partial charge in [0.2, 0.25) is 5.91 Å². The molecule has 0 radical (unpaired) electrons. The summed E-state index contributed by atoms with van der Waals surface area (Å²) in [7, 11) is 0. The molecule has 140 valence electrons. The molecule has 0 bridgehead atoms. The number of urea groups is 1. The zero-order valence-corrected chi connectivity index (χ0v) is 15.5. The van der Waals surface area contributed by atoms with E-state index in [1.54, 1.807) is 0 Å². The Morgan fingerprint density at radius 2 is 1.77 bits per heavy atom. The number of nitrogens with zero attached hydrogens (tertiary/aromatic N) is 2. The molecule has 1 N–H and O–H groups in total. The fourth-order valence-corrected chi connectivity index (χ4v) is 4.01. The Bertz CT molecular complexity index is 666. The number of piperidine rings is 1. The Labute approximate surface area is 154 Å². The van der Waals surface area contributed by atoms with Gasteiger partial charge in [0.25, 0.3) is 5.91 Å². The lowest BCUT2D eigenvalue weighted by atomic mass is 9.97. The molecule has 0 spiro atoms. The van der Waals surface area contributed by atoms with Crippen LogP contribution < -0.4 is 5.32 Å². The molecule has 0 aliphatic carbocycles. The molecule has 6 nitrogen and oxygen atoms in total. The van der Waals surface area contributed by atoms with Gasteiger partial charge in [0.1, 0.15) is 12.6 Å². The van der Waals surface area contributed by atoms with E-state index < -0.39 is 12.1 Å². The maximum Gasteiger partial charge on any atom is 0.325 e. The molecule has 26 heavy (non-hydrogen) atoms. The van der Waals surface area contributed by atoms with Gasteiger partial charge in [-0.1, -0.05) is 30.3 Å². The molecule has 2 fully saturated rings. The number of carbonyl (C=O) groups excluding carboxylic acids is 3. The molecule has 0 aromatic heterocycles. The Balaban J connectivity index is 1.59. The quantitative estimate of drug-likeness (QED) is 0.822. The van der Waals surface area contributed by atoms with Crippen molar-refractivity contribution in [2.75, 3.05) is 6.54 Å². The van der Waals surface area contributed by atoms with Crippen LogP contribution in [0.2, 0.25) is 0 Å². The molecule has 4 amide bonds. The van der Waals surface area contributed by atoms with Gasteiger partial charge in [0.15, 0.2) is 0 Å². The summed E-state index contributed by atoms with van der Waals surface area (Å²) in [6, 6.07) is 9.16. The van der Waals surface area contributed by atoms with Crippen molar-refractivity contribution >= 4 is 17.8 Å². The van der Waals surface area contributed by atoms with Crippen LogP contribution in [0.25, 0.3) is 0 Å². The minimum atomic E-state index is -0.549. The van der Waals surface area contributed by atoms with E-state index in [2.05, 4.69) is 5.32 Å². The molecular formula is C20H27N3O3. The first kappa shape index (κ1) is 18.4. The van der Waals surface area contributed by atoms with Gasteiger partial charge in [-0.3, -0.25) is 14.5 Å². The van der Waals surface area contributed by atoms with Crippen LogP contribution in [0, 0.1) is 0 Å². The van der Waals surface area contributed by atoms with Gasteiger partial charge in [0, 0.05) is 12.1 Å². The topological polar surface area (TPSA) is 69.7 Å². The standard InChI is InChI=1S/C20H27N3O3/c1-14-7-6-8-15(2)23(14)18(24)13-22-19(25)17(21-20(22)26)12-11-16-9-4-3-5-10-16/h3-5,9-10,14-15,17H,6-8,11-13H2,1-2H3,(H,21,26)/t14-,15-,17-/m0/s1. The highest BCUT2D eigenvalue weighted by atomic mass is 16.2. The predicted octanol–water partition coefficient (Wildman–Crippen LogP) is 2.33. The van der Waals surface area contributed by atoms with E-state index in [1.807, 2.05) is 49.1 Å².